The van der Waals surface area contributed by atoms with Gasteiger partial charge in [-0.05, 0) is 24.6 Å². The van der Waals surface area contributed by atoms with Gasteiger partial charge in [-0.25, -0.2) is 0 Å². The number of thiol groups is 1. The summed E-state index contributed by atoms with van der Waals surface area (Å²) in [6.07, 6.45) is 0.876. The van der Waals surface area contributed by atoms with Crippen LogP contribution >= 0.6 is 22.5 Å². The predicted octanol–water partition coefficient (Wildman–Crippen LogP) is 2.08. The first kappa shape index (κ1) is 7.28. The van der Waals surface area contributed by atoms with Gasteiger partial charge in [0.25, 0.3) is 0 Å². The first-order valence-corrected chi connectivity index (χ1v) is 4.57. The maximum atomic E-state index is 5.06. The van der Waals surface area contributed by atoms with Gasteiger partial charge in [0, 0.05) is 6.42 Å². The van der Waals surface area contributed by atoms with E-state index in [9.17, 15) is 0 Å². The third-order valence-electron chi connectivity index (χ3n) is 1.08. The van der Waals surface area contributed by atoms with E-state index < -0.39 is 0 Å². The van der Waals surface area contributed by atoms with Crippen LogP contribution in [0.5, 0.6) is 0 Å². The molecule has 0 aromatic heterocycles. The van der Waals surface area contributed by atoms with Crippen LogP contribution in [0, 0.1) is 0 Å². The summed E-state index contributed by atoms with van der Waals surface area (Å²) in [5.41, 5.74) is -0.106. The Bertz CT molecular complexity index is 144. The summed E-state index contributed by atoms with van der Waals surface area (Å²) in [5.74, 6) is 0. The van der Waals surface area contributed by atoms with E-state index in [1.165, 1.54) is 10.8 Å². The summed E-state index contributed by atoms with van der Waals surface area (Å²) in [4.78, 5) is 5.06. The average molecular weight is 163 g/mol. The average Bonchev–Trinajstić information content (AvgIpc) is 2.10. The highest BCUT2D eigenvalue weighted by atomic mass is 33.1. The van der Waals surface area contributed by atoms with Crippen molar-refractivity contribution in [2.24, 2.45) is 5.16 Å². The second-order valence-corrected chi connectivity index (χ2v) is 3.81. The molecule has 2 nitrogen and oxygen atoms in total. The fourth-order valence-corrected chi connectivity index (χ4v) is 1.43. The Hall–Kier alpha value is 0.170. The number of rotatable bonds is 0. The van der Waals surface area contributed by atoms with Crippen LogP contribution < -0.4 is 0 Å². The van der Waals surface area contributed by atoms with Crippen molar-refractivity contribution < 1.29 is 4.84 Å². The Labute approximate surface area is 63.8 Å². The molecule has 1 heterocycles. The third kappa shape index (κ3) is 1.79. The van der Waals surface area contributed by atoms with Gasteiger partial charge in [0.05, 0.1) is 0 Å². The summed E-state index contributed by atoms with van der Waals surface area (Å²) < 4.78 is 0. The Balaban J connectivity index is 2.50. The molecule has 1 aliphatic rings. The summed E-state index contributed by atoms with van der Waals surface area (Å²) in [6, 6.07) is 0. The van der Waals surface area contributed by atoms with Gasteiger partial charge in [0.15, 0.2) is 0 Å². The largest absolute Gasteiger partial charge is 0.389 e. The maximum Gasteiger partial charge on any atom is 0.138 e. The lowest BCUT2D eigenvalue weighted by Gasteiger charge is -2.12. The molecule has 1 rings (SSSR count). The number of hydrogen-bond acceptors (Lipinski definition) is 4. The van der Waals surface area contributed by atoms with Gasteiger partial charge in [-0.1, -0.05) is 5.16 Å². The molecule has 0 N–H and O–H groups in total. The second-order valence-electron chi connectivity index (χ2n) is 2.60. The molecule has 9 heavy (non-hydrogen) atoms. The Morgan fingerprint density at radius 2 is 2.44 bits per heavy atom. The van der Waals surface area contributed by atoms with Gasteiger partial charge in [0.1, 0.15) is 10.6 Å². The lowest BCUT2D eigenvalue weighted by molar-refractivity contribution is 0.0123. The highest BCUT2D eigenvalue weighted by Crippen LogP contribution is 2.28. The fourth-order valence-electron chi connectivity index (χ4n) is 0.652. The molecule has 0 unspecified atom stereocenters. The molecular formula is C5H9NOS2. The lowest BCUT2D eigenvalue weighted by Crippen LogP contribution is -2.17. The van der Waals surface area contributed by atoms with Crippen LogP contribution in [-0.4, -0.2) is 10.6 Å². The smallest absolute Gasteiger partial charge is 0.138 e. The van der Waals surface area contributed by atoms with E-state index in [0.29, 0.717) is 0 Å². The normalized spacial score (nSPS) is 23.2. The Morgan fingerprint density at radius 3 is 2.67 bits per heavy atom. The van der Waals surface area contributed by atoms with Crippen LogP contribution in [0.15, 0.2) is 5.16 Å². The predicted molar refractivity (Wildman–Crippen MR) is 43.8 cm³/mol. The SMILES string of the molecule is CC1(C)CC(SS)=NO1. The minimum Gasteiger partial charge on any atom is -0.389 e. The second kappa shape index (κ2) is 2.42. The van der Waals surface area contributed by atoms with Crippen LogP contribution in [0.2, 0.25) is 0 Å². The molecule has 0 spiro atoms. The number of hydrogen-bond donors (Lipinski definition) is 1. The monoisotopic (exact) mass is 163 g/mol. The zero-order valence-electron chi connectivity index (χ0n) is 5.42. The summed E-state index contributed by atoms with van der Waals surface area (Å²) in [7, 11) is 1.35. The van der Waals surface area contributed by atoms with E-state index >= 15 is 0 Å². The van der Waals surface area contributed by atoms with Crippen molar-refractivity contribution >= 4 is 27.5 Å². The molecule has 0 amide bonds. The van der Waals surface area contributed by atoms with Crippen molar-refractivity contribution in [3.63, 3.8) is 0 Å². The van der Waals surface area contributed by atoms with Crippen molar-refractivity contribution in [3.8, 4) is 0 Å². The Morgan fingerprint density at radius 1 is 1.78 bits per heavy atom. The van der Waals surface area contributed by atoms with Crippen LogP contribution in [-0.2, 0) is 4.84 Å². The standard InChI is InChI=1S/C5H9NOS2/c1-5(2)3-4(9-8)6-7-5/h8H,3H2,1-2H3. The molecular weight excluding hydrogens is 154 g/mol. The molecule has 0 fully saturated rings. The first-order valence-electron chi connectivity index (χ1n) is 2.70. The van der Waals surface area contributed by atoms with Crippen molar-refractivity contribution in [1.29, 1.82) is 0 Å². The molecule has 0 radical (unpaired) electrons. The maximum absolute atomic E-state index is 5.06. The zero-order chi connectivity index (χ0) is 6.91. The van der Waals surface area contributed by atoms with Crippen molar-refractivity contribution in [1.82, 2.24) is 0 Å². The molecule has 0 aromatic carbocycles. The van der Waals surface area contributed by atoms with E-state index in [2.05, 4.69) is 16.8 Å². The van der Waals surface area contributed by atoms with Crippen LogP contribution in [0.25, 0.3) is 0 Å². The summed E-state index contributed by atoms with van der Waals surface area (Å²) in [5, 5.41) is 4.77. The van der Waals surface area contributed by atoms with Crippen molar-refractivity contribution in [2.45, 2.75) is 25.9 Å². The quantitative estimate of drug-likeness (QED) is 0.436. The summed E-state index contributed by atoms with van der Waals surface area (Å²) >= 11 is 4.00. The van der Waals surface area contributed by atoms with Crippen molar-refractivity contribution in [2.75, 3.05) is 0 Å². The highest BCUT2D eigenvalue weighted by molar-refractivity contribution is 8.74. The molecule has 4 heteroatoms. The van der Waals surface area contributed by atoms with E-state index in [1.807, 2.05) is 13.8 Å². The minimum atomic E-state index is -0.106. The third-order valence-corrected chi connectivity index (χ3v) is 2.14. The zero-order valence-corrected chi connectivity index (χ0v) is 7.13. The van der Waals surface area contributed by atoms with E-state index in [1.54, 1.807) is 0 Å². The molecule has 0 saturated carbocycles. The van der Waals surface area contributed by atoms with Gasteiger partial charge in [-0.3, -0.25) is 0 Å². The lowest BCUT2D eigenvalue weighted by atomic mass is 10.1. The van der Waals surface area contributed by atoms with Gasteiger partial charge in [0.2, 0.25) is 0 Å². The molecule has 52 valence electrons. The number of oxime groups is 1. The summed E-state index contributed by atoms with van der Waals surface area (Å²) in [6.45, 7) is 4.01. The van der Waals surface area contributed by atoms with Crippen LogP contribution in [0.3, 0.4) is 0 Å². The molecule has 1 aliphatic heterocycles. The van der Waals surface area contributed by atoms with Crippen LogP contribution in [0.4, 0.5) is 0 Å². The highest BCUT2D eigenvalue weighted by Gasteiger charge is 2.28. The number of nitrogens with zero attached hydrogens (tertiary/aromatic N) is 1. The Kier molecular flexibility index (Phi) is 1.96. The van der Waals surface area contributed by atoms with Crippen molar-refractivity contribution in [3.05, 3.63) is 0 Å². The molecule has 0 aromatic rings. The minimum absolute atomic E-state index is 0.106. The van der Waals surface area contributed by atoms with Gasteiger partial charge < -0.3 is 4.84 Å². The molecule has 0 saturated heterocycles. The van der Waals surface area contributed by atoms with E-state index in [-0.39, 0.29) is 5.60 Å². The van der Waals surface area contributed by atoms with E-state index in [0.717, 1.165) is 11.5 Å². The fraction of sp³-hybridized carbons (Fsp3) is 0.800. The molecule has 0 atom stereocenters. The molecule has 0 aliphatic carbocycles. The first-order chi connectivity index (χ1) is 4.14. The van der Waals surface area contributed by atoms with Gasteiger partial charge in [-0.2, -0.15) is 0 Å². The van der Waals surface area contributed by atoms with E-state index in [4.69, 9.17) is 4.84 Å². The van der Waals surface area contributed by atoms with Gasteiger partial charge >= 0.3 is 0 Å². The molecule has 0 bridgehead atoms. The van der Waals surface area contributed by atoms with Gasteiger partial charge in [-0.15, -0.1) is 11.7 Å². The topological polar surface area (TPSA) is 21.6 Å². The van der Waals surface area contributed by atoms with Crippen LogP contribution in [0.1, 0.15) is 20.3 Å².